The van der Waals surface area contributed by atoms with Gasteiger partial charge in [0.05, 0.1) is 19.2 Å². The van der Waals surface area contributed by atoms with Gasteiger partial charge >= 0.3 is 0 Å². The van der Waals surface area contributed by atoms with Gasteiger partial charge in [-0.25, -0.2) is 4.39 Å². The Morgan fingerprint density at radius 2 is 1.96 bits per heavy atom. The van der Waals surface area contributed by atoms with E-state index in [4.69, 9.17) is 10.5 Å². The molecule has 0 spiro atoms. The Kier molecular flexibility index (Phi) is 4.07. The maximum absolute atomic E-state index is 13.1. The van der Waals surface area contributed by atoms with Crippen LogP contribution >= 0.6 is 0 Å². The van der Waals surface area contributed by atoms with Gasteiger partial charge in [-0.2, -0.15) is 0 Å². The van der Waals surface area contributed by atoms with Crippen LogP contribution in [0.4, 0.5) is 4.39 Å². The van der Waals surface area contributed by atoms with E-state index in [2.05, 4.69) is 16.4 Å². The lowest BCUT2D eigenvalue weighted by atomic mass is 9.96. The molecule has 0 aromatic heterocycles. The fraction of sp³-hybridized carbons (Fsp3) is 0.350. The Hall–Kier alpha value is -2.56. The monoisotopic (exact) mass is 339 g/mol. The maximum Gasteiger partial charge on any atom is 0.189 e. The summed E-state index contributed by atoms with van der Waals surface area (Å²) in [5.41, 5.74) is 8.42. The molecule has 25 heavy (non-hydrogen) atoms. The minimum Gasteiger partial charge on any atom is -0.493 e. The molecule has 0 saturated heterocycles. The number of aliphatic imine (C=N–C) groups is 1. The van der Waals surface area contributed by atoms with E-state index in [1.54, 1.807) is 0 Å². The molecule has 0 bridgehead atoms. The standard InChI is InChI=1S/C20H22FN3O/c21-15-7-5-14(6-8-15)20(10-11-20)13-23-19(22)24-17-9-12-25-18-4-2-1-3-16(17)18/h1-8,17H,9-13H2,(H3,22,23,24). The van der Waals surface area contributed by atoms with E-state index < -0.39 is 0 Å². The lowest BCUT2D eigenvalue weighted by Crippen LogP contribution is -2.37. The molecule has 2 aliphatic rings. The second kappa shape index (κ2) is 6.39. The van der Waals surface area contributed by atoms with Crippen LogP contribution < -0.4 is 15.8 Å². The summed E-state index contributed by atoms with van der Waals surface area (Å²) in [5.74, 6) is 1.15. The number of nitrogens with zero attached hydrogens (tertiary/aromatic N) is 1. The summed E-state index contributed by atoms with van der Waals surface area (Å²) in [6.07, 6.45) is 2.99. The Labute approximate surface area is 146 Å². The number of nitrogens with two attached hydrogens (primary N) is 1. The molecule has 1 aliphatic carbocycles. The molecule has 1 saturated carbocycles. The van der Waals surface area contributed by atoms with Gasteiger partial charge in [0.15, 0.2) is 5.96 Å². The number of hydrogen-bond acceptors (Lipinski definition) is 2. The lowest BCUT2D eigenvalue weighted by Gasteiger charge is -2.27. The molecular weight excluding hydrogens is 317 g/mol. The molecule has 4 rings (SSSR count). The quantitative estimate of drug-likeness (QED) is 0.664. The molecule has 0 amide bonds. The van der Waals surface area contributed by atoms with Crippen molar-refractivity contribution in [3.05, 3.63) is 65.5 Å². The highest BCUT2D eigenvalue weighted by Crippen LogP contribution is 2.48. The van der Waals surface area contributed by atoms with Crippen molar-refractivity contribution < 1.29 is 9.13 Å². The minimum absolute atomic E-state index is 0.0214. The molecule has 1 atom stereocenters. The summed E-state index contributed by atoms with van der Waals surface area (Å²) in [4.78, 5) is 4.57. The van der Waals surface area contributed by atoms with Crippen molar-refractivity contribution in [3.8, 4) is 5.75 Å². The molecule has 3 N–H and O–H groups in total. The zero-order valence-electron chi connectivity index (χ0n) is 14.0. The highest BCUT2D eigenvalue weighted by atomic mass is 19.1. The summed E-state index contributed by atoms with van der Waals surface area (Å²) in [6.45, 7) is 1.30. The van der Waals surface area contributed by atoms with Gasteiger partial charge in [0.25, 0.3) is 0 Å². The zero-order chi connectivity index (χ0) is 17.3. The van der Waals surface area contributed by atoms with Crippen molar-refractivity contribution in [2.24, 2.45) is 10.7 Å². The molecule has 5 heteroatoms. The third-order valence-electron chi connectivity index (χ3n) is 5.14. The Morgan fingerprint density at radius 1 is 1.20 bits per heavy atom. The van der Waals surface area contributed by atoms with Gasteiger partial charge in [-0.3, -0.25) is 4.99 Å². The molecule has 1 unspecified atom stereocenters. The number of ether oxygens (including phenoxy) is 1. The number of nitrogens with one attached hydrogen (secondary N) is 1. The SMILES string of the molecule is NC(=NCC1(c2ccc(F)cc2)CC1)NC1CCOc2ccccc21. The molecule has 2 aromatic rings. The van der Waals surface area contributed by atoms with Crippen molar-refractivity contribution in [3.63, 3.8) is 0 Å². The Bertz CT molecular complexity index is 784. The average Bonchev–Trinajstić information content (AvgIpc) is 3.42. The second-order valence-electron chi connectivity index (χ2n) is 6.86. The highest BCUT2D eigenvalue weighted by molar-refractivity contribution is 5.78. The van der Waals surface area contributed by atoms with E-state index >= 15 is 0 Å². The summed E-state index contributed by atoms with van der Waals surface area (Å²) in [5, 5.41) is 3.32. The first-order valence-electron chi connectivity index (χ1n) is 8.71. The fourth-order valence-corrected chi connectivity index (χ4v) is 3.45. The number of halogens is 1. The zero-order valence-corrected chi connectivity index (χ0v) is 14.0. The molecule has 1 heterocycles. The number of rotatable bonds is 4. The van der Waals surface area contributed by atoms with E-state index in [0.717, 1.165) is 36.1 Å². The predicted octanol–water partition coefficient (Wildman–Crippen LogP) is 3.29. The first-order valence-corrected chi connectivity index (χ1v) is 8.71. The largest absolute Gasteiger partial charge is 0.493 e. The van der Waals surface area contributed by atoms with Crippen LogP contribution in [0.2, 0.25) is 0 Å². The summed E-state index contributed by atoms with van der Waals surface area (Å²) >= 11 is 0. The van der Waals surface area contributed by atoms with Gasteiger partial charge in [-0.1, -0.05) is 30.3 Å². The van der Waals surface area contributed by atoms with E-state index in [-0.39, 0.29) is 17.3 Å². The molecule has 2 aromatic carbocycles. The van der Waals surface area contributed by atoms with Crippen LogP contribution in [0, 0.1) is 5.82 Å². The van der Waals surface area contributed by atoms with E-state index in [1.807, 2.05) is 30.3 Å². The molecular formula is C20H22FN3O. The van der Waals surface area contributed by atoms with Crippen molar-refractivity contribution in [1.29, 1.82) is 0 Å². The molecule has 1 aliphatic heterocycles. The van der Waals surface area contributed by atoms with E-state index in [9.17, 15) is 4.39 Å². The van der Waals surface area contributed by atoms with Crippen LogP contribution in [0.25, 0.3) is 0 Å². The normalized spacial score (nSPS) is 21.2. The minimum atomic E-state index is -0.206. The fourth-order valence-electron chi connectivity index (χ4n) is 3.45. The molecule has 4 nitrogen and oxygen atoms in total. The Balaban J connectivity index is 1.44. The van der Waals surface area contributed by atoms with Crippen molar-refractivity contribution in [1.82, 2.24) is 5.32 Å². The molecule has 130 valence electrons. The van der Waals surface area contributed by atoms with Gasteiger partial charge in [-0.05, 0) is 36.6 Å². The topological polar surface area (TPSA) is 59.6 Å². The number of guanidine groups is 1. The van der Waals surface area contributed by atoms with Crippen LogP contribution in [-0.4, -0.2) is 19.1 Å². The van der Waals surface area contributed by atoms with Gasteiger partial charge in [0.2, 0.25) is 0 Å². The Morgan fingerprint density at radius 3 is 2.72 bits per heavy atom. The number of fused-ring (bicyclic) bond motifs is 1. The number of hydrogen-bond donors (Lipinski definition) is 2. The van der Waals surface area contributed by atoms with Gasteiger partial charge in [-0.15, -0.1) is 0 Å². The summed E-state index contributed by atoms with van der Waals surface area (Å²) in [6, 6.07) is 14.9. The first kappa shape index (κ1) is 15.9. The van der Waals surface area contributed by atoms with Crippen LogP contribution in [0.15, 0.2) is 53.5 Å². The van der Waals surface area contributed by atoms with Gasteiger partial charge in [0, 0.05) is 17.4 Å². The third kappa shape index (κ3) is 3.31. The maximum atomic E-state index is 13.1. The number of benzene rings is 2. The van der Waals surface area contributed by atoms with Crippen molar-refractivity contribution in [2.75, 3.05) is 13.2 Å². The number of para-hydroxylation sites is 1. The average molecular weight is 339 g/mol. The predicted molar refractivity (Wildman–Crippen MR) is 96.2 cm³/mol. The summed E-state index contributed by atoms with van der Waals surface area (Å²) < 4.78 is 18.8. The van der Waals surface area contributed by atoms with E-state index in [1.165, 1.54) is 12.1 Å². The molecule has 1 fully saturated rings. The van der Waals surface area contributed by atoms with Crippen LogP contribution in [0.3, 0.4) is 0 Å². The second-order valence-corrected chi connectivity index (χ2v) is 6.86. The van der Waals surface area contributed by atoms with Crippen LogP contribution in [0.5, 0.6) is 5.75 Å². The third-order valence-corrected chi connectivity index (χ3v) is 5.14. The lowest BCUT2D eigenvalue weighted by molar-refractivity contribution is 0.262. The van der Waals surface area contributed by atoms with E-state index in [0.29, 0.717) is 19.1 Å². The van der Waals surface area contributed by atoms with Gasteiger partial charge in [0.1, 0.15) is 11.6 Å². The van der Waals surface area contributed by atoms with Crippen molar-refractivity contribution >= 4 is 5.96 Å². The smallest absolute Gasteiger partial charge is 0.189 e. The van der Waals surface area contributed by atoms with Gasteiger partial charge < -0.3 is 15.8 Å². The van der Waals surface area contributed by atoms with Crippen molar-refractivity contribution in [2.45, 2.75) is 30.7 Å². The highest BCUT2D eigenvalue weighted by Gasteiger charge is 2.44. The van der Waals surface area contributed by atoms with Crippen LogP contribution in [-0.2, 0) is 5.41 Å². The van der Waals surface area contributed by atoms with Crippen LogP contribution in [0.1, 0.15) is 36.4 Å². The first-order chi connectivity index (χ1) is 12.2. The summed E-state index contributed by atoms with van der Waals surface area (Å²) in [7, 11) is 0. The molecule has 0 radical (unpaired) electrons.